The summed E-state index contributed by atoms with van der Waals surface area (Å²) >= 11 is 0. The molecule has 3 aliphatic rings. The van der Waals surface area contributed by atoms with E-state index in [-0.39, 0.29) is 11.6 Å². The first-order valence-corrected chi connectivity index (χ1v) is 5.60. The van der Waals surface area contributed by atoms with Crippen molar-refractivity contribution in [2.75, 3.05) is 0 Å². The van der Waals surface area contributed by atoms with E-state index in [2.05, 4.69) is 0 Å². The van der Waals surface area contributed by atoms with Crippen LogP contribution in [0.25, 0.3) is 0 Å². The van der Waals surface area contributed by atoms with Crippen molar-refractivity contribution in [3.05, 3.63) is 11.6 Å². The van der Waals surface area contributed by atoms with E-state index in [4.69, 9.17) is 4.74 Å². The van der Waals surface area contributed by atoms with Crippen LogP contribution in [0, 0.1) is 5.41 Å². The van der Waals surface area contributed by atoms with Gasteiger partial charge in [-0.3, -0.25) is 0 Å². The van der Waals surface area contributed by atoms with Crippen molar-refractivity contribution < 1.29 is 9.53 Å². The molecule has 0 aromatic rings. The Morgan fingerprint density at radius 3 is 2.57 bits per heavy atom. The van der Waals surface area contributed by atoms with Crippen molar-refractivity contribution >= 4 is 5.97 Å². The van der Waals surface area contributed by atoms with Gasteiger partial charge in [0.2, 0.25) is 0 Å². The van der Waals surface area contributed by atoms with E-state index in [1.807, 2.05) is 6.92 Å². The molecular weight excluding hydrogens is 176 g/mol. The molecule has 76 valence electrons. The van der Waals surface area contributed by atoms with Crippen LogP contribution in [0.2, 0.25) is 0 Å². The van der Waals surface area contributed by atoms with Crippen LogP contribution in [-0.2, 0) is 9.53 Å². The fraction of sp³-hybridized carbons (Fsp3) is 0.750. The van der Waals surface area contributed by atoms with E-state index in [1.165, 1.54) is 37.7 Å². The summed E-state index contributed by atoms with van der Waals surface area (Å²) in [5.41, 5.74) is 1.37. The maximum Gasteiger partial charge on any atom is 0.331 e. The average molecular weight is 192 g/mol. The van der Waals surface area contributed by atoms with Gasteiger partial charge in [0.1, 0.15) is 5.60 Å². The van der Waals surface area contributed by atoms with Gasteiger partial charge in [-0.25, -0.2) is 4.79 Å². The quantitative estimate of drug-likeness (QED) is 0.551. The maximum atomic E-state index is 11.2. The molecule has 14 heavy (non-hydrogen) atoms. The highest BCUT2D eigenvalue weighted by atomic mass is 16.6. The van der Waals surface area contributed by atoms with E-state index in [0.29, 0.717) is 5.41 Å². The number of rotatable bonds is 0. The highest BCUT2D eigenvalue weighted by molar-refractivity contribution is 5.87. The van der Waals surface area contributed by atoms with E-state index in [0.717, 1.165) is 6.42 Å². The monoisotopic (exact) mass is 192 g/mol. The zero-order valence-electron chi connectivity index (χ0n) is 8.64. The second-order valence-corrected chi connectivity index (χ2v) is 5.09. The van der Waals surface area contributed by atoms with Gasteiger partial charge < -0.3 is 4.74 Å². The summed E-state index contributed by atoms with van der Waals surface area (Å²) in [5.74, 6) is -0.120. The molecule has 0 radical (unpaired) electrons. The molecule has 2 saturated carbocycles. The van der Waals surface area contributed by atoms with Crippen molar-refractivity contribution in [3.63, 3.8) is 0 Å². The van der Waals surface area contributed by atoms with Crippen LogP contribution in [0.1, 0.15) is 45.4 Å². The van der Waals surface area contributed by atoms with Crippen molar-refractivity contribution in [2.24, 2.45) is 5.41 Å². The lowest BCUT2D eigenvalue weighted by Gasteiger charge is -2.26. The minimum atomic E-state index is -0.148. The van der Waals surface area contributed by atoms with Gasteiger partial charge in [0.05, 0.1) is 0 Å². The van der Waals surface area contributed by atoms with Crippen molar-refractivity contribution in [2.45, 2.75) is 51.0 Å². The Morgan fingerprint density at radius 1 is 1.29 bits per heavy atom. The van der Waals surface area contributed by atoms with Crippen molar-refractivity contribution in [3.8, 4) is 0 Å². The topological polar surface area (TPSA) is 26.3 Å². The van der Waals surface area contributed by atoms with Crippen LogP contribution in [-0.4, -0.2) is 11.6 Å². The molecule has 0 aromatic carbocycles. The standard InChI is InChI=1S/C12H16O2/c1-9-7-10(13)14-12(9)8-11(12)5-3-2-4-6-11/h7H,2-6,8H2,1H3. The van der Waals surface area contributed by atoms with Gasteiger partial charge in [-0.1, -0.05) is 19.3 Å². The molecule has 0 N–H and O–H groups in total. The molecule has 2 aliphatic carbocycles. The Balaban J connectivity index is 1.89. The summed E-state index contributed by atoms with van der Waals surface area (Å²) in [6.07, 6.45) is 9.27. The first kappa shape index (κ1) is 8.51. The molecule has 2 nitrogen and oxygen atoms in total. The van der Waals surface area contributed by atoms with Crippen molar-refractivity contribution in [1.82, 2.24) is 0 Å². The number of hydrogen-bond acceptors (Lipinski definition) is 2. The minimum absolute atomic E-state index is 0.120. The molecule has 0 amide bonds. The largest absolute Gasteiger partial charge is 0.451 e. The van der Waals surface area contributed by atoms with Gasteiger partial charge in [-0.2, -0.15) is 0 Å². The predicted molar refractivity (Wildman–Crippen MR) is 52.7 cm³/mol. The van der Waals surface area contributed by atoms with Gasteiger partial charge in [-0.05, 0) is 25.3 Å². The summed E-state index contributed by atoms with van der Waals surface area (Å²) in [4.78, 5) is 11.2. The highest BCUT2D eigenvalue weighted by Crippen LogP contribution is 2.70. The van der Waals surface area contributed by atoms with Gasteiger partial charge in [0, 0.05) is 17.9 Å². The van der Waals surface area contributed by atoms with E-state index in [1.54, 1.807) is 6.08 Å². The fourth-order valence-electron chi connectivity index (χ4n) is 3.52. The highest BCUT2D eigenvalue weighted by Gasteiger charge is 2.72. The molecule has 1 aliphatic heterocycles. The van der Waals surface area contributed by atoms with E-state index in [9.17, 15) is 4.79 Å². The van der Waals surface area contributed by atoms with E-state index >= 15 is 0 Å². The number of ether oxygens (including phenoxy) is 1. The predicted octanol–water partition coefficient (Wildman–Crippen LogP) is 2.58. The molecule has 1 unspecified atom stereocenters. The average Bonchev–Trinajstić information content (AvgIpc) is 2.63. The normalized spacial score (nSPS) is 38.6. The summed E-state index contributed by atoms with van der Waals surface area (Å²) in [6.45, 7) is 2.05. The number of carbonyl (C=O) groups is 1. The zero-order chi connectivity index (χ0) is 9.81. The second kappa shape index (κ2) is 2.41. The Hall–Kier alpha value is -0.790. The molecule has 1 heterocycles. The van der Waals surface area contributed by atoms with Crippen LogP contribution < -0.4 is 0 Å². The molecular formula is C12H16O2. The number of carbonyl (C=O) groups excluding carboxylic acids is 1. The minimum Gasteiger partial charge on any atom is -0.451 e. The van der Waals surface area contributed by atoms with Crippen LogP contribution >= 0.6 is 0 Å². The zero-order valence-corrected chi connectivity index (χ0v) is 8.64. The van der Waals surface area contributed by atoms with Crippen LogP contribution in [0.4, 0.5) is 0 Å². The van der Waals surface area contributed by atoms with Crippen LogP contribution in [0.3, 0.4) is 0 Å². The number of esters is 1. The summed E-state index contributed by atoms with van der Waals surface area (Å²) in [7, 11) is 0. The molecule has 2 heteroatoms. The molecule has 0 bridgehead atoms. The lowest BCUT2D eigenvalue weighted by molar-refractivity contribution is -0.142. The lowest BCUT2D eigenvalue weighted by Crippen LogP contribution is -2.25. The Bertz CT molecular complexity index is 323. The smallest absolute Gasteiger partial charge is 0.331 e. The van der Waals surface area contributed by atoms with Crippen LogP contribution in [0.5, 0.6) is 0 Å². The third kappa shape index (κ3) is 0.844. The van der Waals surface area contributed by atoms with E-state index < -0.39 is 0 Å². The van der Waals surface area contributed by atoms with Gasteiger partial charge >= 0.3 is 5.97 Å². The third-order valence-corrected chi connectivity index (χ3v) is 4.38. The molecule has 3 rings (SSSR count). The first-order chi connectivity index (χ1) is 6.69. The SMILES string of the molecule is CC1=CC(=O)OC12CC21CCCCC1. The Labute approximate surface area is 84.3 Å². The fourth-order valence-corrected chi connectivity index (χ4v) is 3.52. The molecule has 0 saturated heterocycles. The molecule has 0 aromatic heterocycles. The first-order valence-electron chi connectivity index (χ1n) is 5.60. The van der Waals surface area contributed by atoms with Gasteiger partial charge in [0.15, 0.2) is 0 Å². The van der Waals surface area contributed by atoms with Gasteiger partial charge in [-0.15, -0.1) is 0 Å². The number of fused-ring (bicyclic) bond motifs is 1. The number of hydrogen-bond donors (Lipinski definition) is 0. The van der Waals surface area contributed by atoms with Crippen LogP contribution in [0.15, 0.2) is 11.6 Å². The molecule has 2 fully saturated rings. The van der Waals surface area contributed by atoms with Crippen molar-refractivity contribution in [1.29, 1.82) is 0 Å². The Kier molecular flexibility index (Phi) is 1.47. The molecule has 2 spiro atoms. The summed E-state index contributed by atoms with van der Waals surface area (Å²) in [6, 6.07) is 0. The lowest BCUT2D eigenvalue weighted by atomic mass is 9.82. The van der Waals surface area contributed by atoms with Gasteiger partial charge in [0.25, 0.3) is 0 Å². The second-order valence-electron chi connectivity index (χ2n) is 5.09. The molecule has 1 atom stereocenters. The Morgan fingerprint density at radius 2 is 2.00 bits per heavy atom. The third-order valence-electron chi connectivity index (χ3n) is 4.38. The summed E-state index contributed by atoms with van der Waals surface area (Å²) < 4.78 is 5.53. The summed E-state index contributed by atoms with van der Waals surface area (Å²) in [5, 5.41) is 0. The maximum absolute atomic E-state index is 11.2.